The number of benzene rings is 1. The van der Waals surface area contributed by atoms with E-state index in [1.807, 2.05) is 49.0 Å². The van der Waals surface area contributed by atoms with Crippen LogP contribution in [0.4, 0.5) is 0 Å². The average molecular weight is 249 g/mol. The highest BCUT2D eigenvalue weighted by Gasteiger charge is 2.26. The molecular weight excluding hydrogens is 230 g/mol. The van der Waals surface area contributed by atoms with E-state index in [0.29, 0.717) is 5.25 Å². The summed E-state index contributed by atoms with van der Waals surface area (Å²) in [5.74, 6) is 1.37. The van der Waals surface area contributed by atoms with Crippen molar-refractivity contribution in [2.24, 2.45) is 0 Å². The van der Waals surface area contributed by atoms with Crippen LogP contribution >= 0.6 is 11.8 Å². The van der Waals surface area contributed by atoms with Gasteiger partial charge in [0.05, 0.1) is 6.04 Å². The van der Waals surface area contributed by atoms with Crippen LogP contribution in [0.3, 0.4) is 0 Å². The van der Waals surface area contributed by atoms with Gasteiger partial charge in [0.2, 0.25) is 0 Å². The summed E-state index contributed by atoms with van der Waals surface area (Å²) in [6, 6.07) is 9.60. The van der Waals surface area contributed by atoms with Crippen LogP contribution in [0.15, 0.2) is 30.3 Å². The summed E-state index contributed by atoms with van der Waals surface area (Å²) in [5.41, 5.74) is 0.825. The van der Waals surface area contributed by atoms with Crippen LogP contribution in [0.1, 0.15) is 24.2 Å². The molecule has 1 fully saturated rings. The fraction of sp³-hybridized carbons (Fsp3) is 0.500. The van der Waals surface area contributed by atoms with Gasteiger partial charge in [-0.15, -0.1) is 0 Å². The first-order valence-corrected chi connectivity index (χ1v) is 7.18. The Morgan fingerprint density at radius 1 is 1.41 bits per heavy atom. The Labute approximate surface area is 107 Å². The maximum Gasteiger partial charge on any atom is 0.179 e. The molecule has 1 aliphatic rings. The SMILES string of the molecule is CC1CN(C(C)C(=O)c2ccccc2)CCS1. The molecule has 17 heavy (non-hydrogen) atoms. The molecule has 0 aromatic heterocycles. The number of rotatable bonds is 3. The van der Waals surface area contributed by atoms with E-state index in [1.54, 1.807) is 0 Å². The number of carbonyl (C=O) groups excluding carboxylic acids is 1. The highest BCUT2D eigenvalue weighted by Crippen LogP contribution is 2.20. The van der Waals surface area contributed by atoms with E-state index in [0.717, 1.165) is 24.4 Å². The van der Waals surface area contributed by atoms with Gasteiger partial charge in [-0.3, -0.25) is 9.69 Å². The van der Waals surface area contributed by atoms with E-state index in [2.05, 4.69) is 11.8 Å². The van der Waals surface area contributed by atoms with Gasteiger partial charge in [-0.05, 0) is 6.92 Å². The van der Waals surface area contributed by atoms with E-state index >= 15 is 0 Å². The van der Waals surface area contributed by atoms with Crippen molar-refractivity contribution in [3.8, 4) is 0 Å². The van der Waals surface area contributed by atoms with Crippen molar-refractivity contribution in [3.63, 3.8) is 0 Å². The molecule has 0 N–H and O–H groups in total. The van der Waals surface area contributed by atoms with E-state index in [4.69, 9.17) is 0 Å². The minimum atomic E-state index is 0.000694. The lowest BCUT2D eigenvalue weighted by molar-refractivity contribution is 0.0844. The molecule has 1 heterocycles. The summed E-state index contributed by atoms with van der Waals surface area (Å²) in [6.07, 6.45) is 0. The first kappa shape index (κ1) is 12.7. The van der Waals surface area contributed by atoms with Gasteiger partial charge >= 0.3 is 0 Å². The molecule has 0 saturated carbocycles. The van der Waals surface area contributed by atoms with Gasteiger partial charge in [-0.1, -0.05) is 37.3 Å². The van der Waals surface area contributed by atoms with Crippen molar-refractivity contribution in [2.75, 3.05) is 18.8 Å². The first-order chi connectivity index (χ1) is 8.18. The molecule has 1 aromatic carbocycles. The second kappa shape index (κ2) is 5.69. The Morgan fingerprint density at radius 3 is 2.76 bits per heavy atom. The van der Waals surface area contributed by atoms with Crippen molar-refractivity contribution >= 4 is 17.5 Å². The number of hydrogen-bond acceptors (Lipinski definition) is 3. The third-order valence-electron chi connectivity index (χ3n) is 3.26. The Bertz CT molecular complexity index is 379. The number of hydrogen-bond donors (Lipinski definition) is 0. The lowest BCUT2D eigenvalue weighted by Crippen LogP contribution is -2.46. The van der Waals surface area contributed by atoms with Crippen LogP contribution < -0.4 is 0 Å². The summed E-state index contributed by atoms with van der Waals surface area (Å²) in [7, 11) is 0. The van der Waals surface area contributed by atoms with Crippen LogP contribution in [0, 0.1) is 0 Å². The van der Waals surface area contributed by atoms with Gasteiger partial charge in [0.15, 0.2) is 5.78 Å². The predicted molar refractivity (Wildman–Crippen MR) is 73.7 cm³/mol. The van der Waals surface area contributed by atoms with Gasteiger partial charge in [-0.25, -0.2) is 0 Å². The molecule has 0 aliphatic carbocycles. The van der Waals surface area contributed by atoms with Crippen molar-refractivity contribution in [3.05, 3.63) is 35.9 Å². The fourth-order valence-corrected chi connectivity index (χ4v) is 3.25. The number of Topliss-reactive ketones (excluding diaryl/α,β-unsaturated/α-hetero) is 1. The molecule has 1 aromatic rings. The number of nitrogens with zero attached hydrogens (tertiary/aromatic N) is 1. The minimum absolute atomic E-state index is 0.000694. The lowest BCUT2D eigenvalue weighted by Gasteiger charge is -2.34. The maximum atomic E-state index is 12.3. The van der Waals surface area contributed by atoms with E-state index in [9.17, 15) is 4.79 Å². The Balaban J connectivity index is 2.04. The molecule has 0 amide bonds. The zero-order valence-electron chi connectivity index (χ0n) is 10.4. The van der Waals surface area contributed by atoms with Crippen LogP contribution in [0.25, 0.3) is 0 Å². The number of thioether (sulfide) groups is 1. The van der Waals surface area contributed by atoms with Crippen molar-refractivity contribution < 1.29 is 4.79 Å². The Hall–Kier alpha value is -0.800. The van der Waals surface area contributed by atoms with Crippen LogP contribution in [-0.2, 0) is 0 Å². The highest BCUT2D eigenvalue weighted by molar-refractivity contribution is 7.99. The molecule has 0 radical (unpaired) electrons. The number of carbonyl (C=O) groups is 1. The molecule has 2 rings (SSSR count). The van der Waals surface area contributed by atoms with Gasteiger partial charge in [-0.2, -0.15) is 11.8 Å². The molecular formula is C14H19NOS. The van der Waals surface area contributed by atoms with Crippen LogP contribution in [0.5, 0.6) is 0 Å². The summed E-state index contributed by atoms with van der Waals surface area (Å²) >= 11 is 1.99. The smallest absolute Gasteiger partial charge is 0.179 e. The molecule has 2 unspecified atom stereocenters. The highest BCUT2D eigenvalue weighted by atomic mass is 32.2. The van der Waals surface area contributed by atoms with Crippen molar-refractivity contribution in [1.29, 1.82) is 0 Å². The molecule has 92 valence electrons. The van der Waals surface area contributed by atoms with E-state index in [1.165, 1.54) is 0 Å². The summed E-state index contributed by atoms with van der Waals surface area (Å²) in [4.78, 5) is 14.6. The van der Waals surface area contributed by atoms with Gasteiger partial charge in [0.1, 0.15) is 0 Å². The molecule has 1 aliphatic heterocycles. The third kappa shape index (κ3) is 3.11. The summed E-state index contributed by atoms with van der Waals surface area (Å²) in [5, 5.41) is 0.634. The average Bonchev–Trinajstić information content (AvgIpc) is 2.38. The molecule has 2 nitrogen and oxygen atoms in total. The quantitative estimate of drug-likeness (QED) is 0.768. The Morgan fingerprint density at radius 2 is 2.12 bits per heavy atom. The summed E-state index contributed by atoms with van der Waals surface area (Å²) in [6.45, 7) is 6.30. The second-order valence-electron chi connectivity index (χ2n) is 4.58. The van der Waals surface area contributed by atoms with Crippen molar-refractivity contribution in [1.82, 2.24) is 4.90 Å². The lowest BCUT2D eigenvalue weighted by atomic mass is 10.0. The zero-order chi connectivity index (χ0) is 12.3. The second-order valence-corrected chi connectivity index (χ2v) is 6.13. The largest absolute Gasteiger partial charge is 0.292 e. The van der Waals surface area contributed by atoms with Crippen molar-refractivity contribution in [2.45, 2.75) is 25.1 Å². The van der Waals surface area contributed by atoms with Gasteiger partial charge < -0.3 is 0 Å². The first-order valence-electron chi connectivity index (χ1n) is 6.13. The summed E-state index contributed by atoms with van der Waals surface area (Å²) < 4.78 is 0. The van der Waals surface area contributed by atoms with E-state index < -0.39 is 0 Å². The van der Waals surface area contributed by atoms with Crippen LogP contribution in [-0.4, -0.2) is 40.8 Å². The predicted octanol–water partition coefficient (Wildman–Crippen LogP) is 2.70. The third-order valence-corrected chi connectivity index (χ3v) is 4.39. The normalized spacial score (nSPS) is 23.3. The topological polar surface area (TPSA) is 20.3 Å². The van der Waals surface area contributed by atoms with Crippen LogP contribution in [0.2, 0.25) is 0 Å². The molecule has 0 spiro atoms. The van der Waals surface area contributed by atoms with E-state index in [-0.39, 0.29) is 11.8 Å². The minimum Gasteiger partial charge on any atom is -0.292 e. The Kier molecular flexibility index (Phi) is 4.24. The molecule has 2 atom stereocenters. The molecule has 3 heteroatoms. The fourth-order valence-electron chi connectivity index (χ4n) is 2.21. The molecule has 0 bridgehead atoms. The maximum absolute atomic E-state index is 12.3. The zero-order valence-corrected chi connectivity index (χ0v) is 11.2. The standard InChI is InChI=1S/C14H19NOS/c1-11-10-15(8-9-17-11)12(2)14(16)13-6-4-3-5-7-13/h3-7,11-12H,8-10H2,1-2H3. The van der Waals surface area contributed by atoms with Gasteiger partial charge in [0.25, 0.3) is 0 Å². The molecule has 1 saturated heterocycles. The number of ketones is 1. The van der Waals surface area contributed by atoms with Gasteiger partial charge in [0, 0.05) is 29.7 Å². The monoisotopic (exact) mass is 249 g/mol.